The van der Waals surface area contributed by atoms with Crippen LogP contribution in [0.3, 0.4) is 0 Å². The Hall–Kier alpha value is -1.43. The molecule has 0 radical (unpaired) electrons. The molecular weight excluding hydrogens is 314 g/mol. The average Bonchev–Trinajstić information content (AvgIpc) is 2.96. The number of fused-ring (bicyclic) bond motifs is 2. The number of benzene rings is 1. The van der Waals surface area contributed by atoms with Gasteiger partial charge in [0, 0.05) is 57.4 Å². The fourth-order valence-electron chi connectivity index (χ4n) is 4.55. The molecule has 4 rings (SSSR count). The summed E-state index contributed by atoms with van der Waals surface area (Å²) in [5.74, 6) is 0.373. The van der Waals surface area contributed by atoms with Crippen LogP contribution in [0.15, 0.2) is 24.3 Å². The van der Waals surface area contributed by atoms with Crippen LogP contribution in [-0.2, 0) is 22.6 Å². The summed E-state index contributed by atoms with van der Waals surface area (Å²) in [6, 6.07) is 9.56. The Bertz CT molecular complexity index is 615. The predicted octanol–water partition coefficient (Wildman–Crippen LogP) is 1.62. The highest BCUT2D eigenvalue weighted by molar-refractivity contribution is 5.79. The van der Waals surface area contributed by atoms with Crippen LogP contribution in [0, 0.1) is 5.92 Å². The van der Waals surface area contributed by atoms with Crippen LogP contribution >= 0.6 is 0 Å². The van der Waals surface area contributed by atoms with Crippen molar-refractivity contribution in [2.24, 2.45) is 5.92 Å². The summed E-state index contributed by atoms with van der Waals surface area (Å²) in [4.78, 5) is 17.5. The lowest BCUT2D eigenvalue weighted by molar-refractivity contribution is -0.128. The van der Waals surface area contributed by atoms with Crippen molar-refractivity contribution < 1.29 is 9.53 Å². The van der Waals surface area contributed by atoms with Crippen LogP contribution in [0.4, 0.5) is 0 Å². The van der Waals surface area contributed by atoms with E-state index in [0.717, 1.165) is 58.7 Å². The van der Waals surface area contributed by atoms with E-state index in [1.54, 1.807) is 0 Å². The molecule has 1 amide bonds. The molecule has 2 fully saturated rings. The monoisotopic (exact) mass is 343 g/mol. The lowest BCUT2D eigenvalue weighted by Crippen LogP contribution is -2.42. The SMILES string of the molecule is CN1Cc2ccccc2CN2C[C@@H](NC(=O)C3CCOCC3)C[C@H]2C1. The minimum Gasteiger partial charge on any atom is -0.381 e. The summed E-state index contributed by atoms with van der Waals surface area (Å²) in [7, 11) is 2.20. The number of rotatable bonds is 2. The first-order valence-corrected chi connectivity index (χ1v) is 9.56. The molecule has 0 aliphatic carbocycles. The zero-order valence-electron chi connectivity index (χ0n) is 15.1. The summed E-state index contributed by atoms with van der Waals surface area (Å²) in [6.45, 7) is 5.48. The van der Waals surface area contributed by atoms with Crippen LogP contribution in [0.25, 0.3) is 0 Å². The van der Waals surface area contributed by atoms with Crippen molar-refractivity contribution in [2.45, 2.75) is 44.4 Å². The molecule has 3 aliphatic heterocycles. The van der Waals surface area contributed by atoms with Gasteiger partial charge in [-0.15, -0.1) is 0 Å². The molecule has 0 bridgehead atoms. The first-order chi connectivity index (χ1) is 12.2. The smallest absolute Gasteiger partial charge is 0.223 e. The van der Waals surface area contributed by atoms with Crippen molar-refractivity contribution in [3.05, 3.63) is 35.4 Å². The third-order valence-corrected chi connectivity index (χ3v) is 5.92. The van der Waals surface area contributed by atoms with Gasteiger partial charge in [0.25, 0.3) is 0 Å². The summed E-state index contributed by atoms with van der Waals surface area (Å²) >= 11 is 0. The number of amides is 1. The van der Waals surface area contributed by atoms with E-state index >= 15 is 0 Å². The van der Waals surface area contributed by atoms with Gasteiger partial charge in [0.05, 0.1) is 0 Å². The van der Waals surface area contributed by atoms with E-state index in [2.05, 4.69) is 46.4 Å². The molecule has 5 nitrogen and oxygen atoms in total. The standard InChI is InChI=1S/C20H29N3O2/c1-22-11-16-4-2-3-5-17(16)12-23-13-18(10-19(23)14-22)21-20(24)15-6-8-25-9-7-15/h2-5,15,18-19H,6-14H2,1H3,(H,21,24)/t18-,19-/m0/s1. The highest BCUT2D eigenvalue weighted by Gasteiger charge is 2.36. The average molecular weight is 343 g/mol. The van der Waals surface area contributed by atoms with Gasteiger partial charge in [-0.3, -0.25) is 9.69 Å². The number of nitrogens with one attached hydrogen (secondary N) is 1. The molecule has 2 saturated heterocycles. The second kappa shape index (κ2) is 7.44. The molecule has 1 aromatic carbocycles. The van der Waals surface area contributed by atoms with E-state index in [4.69, 9.17) is 4.74 Å². The molecule has 2 atom stereocenters. The van der Waals surface area contributed by atoms with E-state index in [0.29, 0.717) is 6.04 Å². The van der Waals surface area contributed by atoms with Crippen LogP contribution in [-0.4, -0.2) is 61.1 Å². The van der Waals surface area contributed by atoms with E-state index in [1.807, 2.05) is 0 Å². The topological polar surface area (TPSA) is 44.8 Å². The number of carbonyl (C=O) groups excluding carboxylic acids is 1. The van der Waals surface area contributed by atoms with Gasteiger partial charge < -0.3 is 15.0 Å². The van der Waals surface area contributed by atoms with Crippen LogP contribution in [0.2, 0.25) is 0 Å². The quantitative estimate of drug-likeness (QED) is 0.886. The molecular formula is C20H29N3O2. The Morgan fingerprint density at radius 1 is 1.12 bits per heavy atom. The zero-order valence-corrected chi connectivity index (χ0v) is 15.1. The van der Waals surface area contributed by atoms with Gasteiger partial charge >= 0.3 is 0 Å². The van der Waals surface area contributed by atoms with Crippen molar-refractivity contribution in [3.63, 3.8) is 0 Å². The summed E-state index contributed by atoms with van der Waals surface area (Å²) in [6.07, 6.45) is 2.78. The van der Waals surface area contributed by atoms with Gasteiger partial charge in [-0.05, 0) is 37.4 Å². The lowest BCUT2D eigenvalue weighted by atomic mass is 9.99. The maximum absolute atomic E-state index is 12.6. The Labute approximate surface area is 150 Å². The number of ether oxygens (including phenoxy) is 1. The van der Waals surface area contributed by atoms with E-state index < -0.39 is 0 Å². The van der Waals surface area contributed by atoms with Gasteiger partial charge in [-0.1, -0.05) is 24.3 Å². The fraction of sp³-hybridized carbons (Fsp3) is 0.650. The second-order valence-electron chi connectivity index (χ2n) is 7.88. The number of hydrogen-bond donors (Lipinski definition) is 1. The molecule has 0 aromatic heterocycles. The number of likely N-dealkylation sites (N-methyl/N-ethyl adjacent to an activating group) is 1. The molecule has 3 heterocycles. The highest BCUT2D eigenvalue weighted by Crippen LogP contribution is 2.26. The van der Waals surface area contributed by atoms with Gasteiger partial charge in [0.1, 0.15) is 0 Å². The van der Waals surface area contributed by atoms with Crippen LogP contribution in [0.1, 0.15) is 30.4 Å². The largest absolute Gasteiger partial charge is 0.381 e. The highest BCUT2D eigenvalue weighted by atomic mass is 16.5. The van der Waals surface area contributed by atoms with Crippen molar-refractivity contribution in [1.82, 2.24) is 15.1 Å². The molecule has 136 valence electrons. The first kappa shape index (κ1) is 17.0. The Kier molecular flexibility index (Phi) is 5.06. The summed E-state index contributed by atoms with van der Waals surface area (Å²) in [5.41, 5.74) is 2.86. The second-order valence-corrected chi connectivity index (χ2v) is 7.88. The van der Waals surface area contributed by atoms with Gasteiger partial charge in [-0.2, -0.15) is 0 Å². The van der Waals surface area contributed by atoms with Gasteiger partial charge in [-0.25, -0.2) is 0 Å². The van der Waals surface area contributed by atoms with Crippen LogP contribution < -0.4 is 5.32 Å². The molecule has 0 unspecified atom stereocenters. The maximum Gasteiger partial charge on any atom is 0.223 e. The predicted molar refractivity (Wildman–Crippen MR) is 97.1 cm³/mol. The van der Waals surface area contributed by atoms with Crippen molar-refractivity contribution >= 4 is 5.91 Å². The van der Waals surface area contributed by atoms with Crippen molar-refractivity contribution in [1.29, 1.82) is 0 Å². The van der Waals surface area contributed by atoms with E-state index in [9.17, 15) is 4.79 Å². The van der Waals surface area contributed by atoms with Crippen molar-refractivity contribution in [2.75, 3.05) is 33.4 Å². The molecule has 1 aromatic rings. The van der Waals surface area contributed by atoms with Gasteiger partial charge in [0.15, 0.2) is 0 Å². The molecule has 0 spiro atoms. The lowest BCUT2D eigenvalue weighted by Gasteiger charge is -2.32. The minimum absolute atomic E-state index is 0.139. The third-order valence-electron chi connectivity index (χ3n) is 5.92. The maximum atomic E-state index is 12.6. The van der Waals surface area contributed by atoms with E-state index in [-0.39, 0.29) is 17.9 Å². The summed E-state index contributed by atoms with van der Waals surface area (Å²) in [5, 5.41) is 3.33. The zero-order chi connectivity index (χ0) is 17.2. The van der Waals surface area contributed by atoms with Crippen molar-refractivity contribution in [3.8, 4) is 0 Å². The summed E-state index contributed by atoms with van der Waals surface area (Å²) < 4.78 is 5.38. The molecule has 0 saturated carbocycles. The molecule has 3 aliphatic rings. The number of hydrogen-bond acceptors (Lipinski definition) is 4. The molecule has 25 heavy (non-hydrogen) atoms. The first-order valence-electron chi connectivity index (χ1n) is 9.56. The molecule has 1 N–H and O–H groups in total. The minimum atomic E-state index is 0.139. The normalized spacial score (nSPS) is 28.7. The fourth-order valence-corrected chi connectivity index (χ4v) is 4.55. The Balaban J connectivity index is 1.42. The molecule has 5 heteroatoms. The number of nitrogens with zero attached hydrogens (tertiary/aromatic N) is 2. The Morgan fingerprint density at radius 2 is 1.84 bits per heavy atom. The van der Waals surface area contributed by atoms with Crippen LogP contribution in [0.5, 0.6) is 0 Å². The van der Waals surface area contributed by atoms with Gasteiger partial charge in [0.2, 0.25) is 5.91 Å². The Morgan fingerprint density at radius 3 is 2.60 bits per heavy atom. The third kappa shape index (κ3) is 3.89. The number of carbonyl (C=O) groups is 1. The van der Waals surface area contributed by atoms with E-state index in [1.165, 1.54) is 11.1 Å².